The fraction of sp³-hybridized carbons (Fsp3) is 0.263. The molecule has 0 radical (unpaired) electrons. The van der Waals surface area contributed by atoms with Gasteiger partial charge in [-0.3, -0.25) is 0 Å². The van der Waals surface area contributed by atoms with Crippen LogP contribution in [0.5, 0.6) is 5.75 Å². The third kappa shape index (κ3) is 5.44. The summed E-state index contributed by atoms with van der Waals surface area (Å²) in [5, 5.41) is 0. The lowest BCUT2D eigenvalue weighted by Gasteiger charge is -2.17. The molecule has 0 saturated heterocycles. The largest absolute Gasteiger partial charge is 0.491 e. The van der Waals surface area contributed by atoms with Gasteiger partial charge in [-0.1, -0.05) is 54.1 Å². The number of hydrogen-bond donors (Lipinski definition) is 0. The summed E-state index contributed by atoms with van der Waals surface area (Å²) in [6.45, 7) is 6.97. The molecule has 0 bridgehead atoms. The lowest BCUT2D eigenvalue weighted by atomic mass is 10.2. The molecule has 21 heavy (non-hydrogen) atoms. The maximum atomic E-state index is 5.92. The molecule has 2 aromatic carbocycles. The zero-order chi connectivity index (χ0) is 14.9. The van der Waals surface area contributed by atoms with Crippen molar-refractivity contribution in [2.75, 3.05) is 6.61 Å². The highest BCUT2D eigenvalue weighted by Crippen LogP contribution is 2.14. The first-order valence-electron chi connectivity index (χ1n) is 7.24. The maximum absolute atomic E-state index is 5.92. The van der Waals surface area contributed by atoms with Gasteiger partial charge in [0.1, 0.15) is 12.4 Å². The van der Waals surface area contributed by atoms with Crippen LogP contribution in [0.3, 0.4) is 0 Å². The van der Waals surface area contributed by atoms with Gasteiger partial charge in [-0.2, -0.15) is 0 Å². The lowest BCUT2D eigenvalue weighted by Crippen LogP contribution is -2.21. The van der Waals surface area contributed by atoms with E-state index < -0.39 is 0 Å². The summed E-state index contributed by atoms with van der Waals surface area (Å²) in [5.41, 5.74) is 2.40. The minimum atomic E-state index is 0.0176. The second kappa shape index (κ2) is 8.28. The molecule has 0 saturated carbocycles. The van der Waals surface area contributed by atoms with Crippen LogP contribution >= 0.6 is 0 Å². The number of benzene rings is 2. The molecular weight excluding hydrogens is 260 g/mol. The zero-order valence-electron chi connectivity index (χ0n) is 12.5. The molecule has 0 fully saturated rings. The molecule has 0 N–H and O–H groups in total. The molecule has 0 aliphatic rings. The lowest BCUT2D eigenvalue weighted by molar-refractivity contribution is 0.0116. The molecule has 1 unspecified atom stereocenters. The van der Waals surface area contributed by atoms with Crippen molar-refractivity contribution in [3.05, 3.63) is 78.4 Å². The van der Waals surface area contributed by atoms with Gasteiger partial charge in [-0.15, -0.1) is 6.58 Å². The number of rotatable bonds is 8. The van der Waals surface area contributed by atoms with Crippen LogP contribution < -0.4 is 4.74 Å². The quantitative estimate of drug-likeness (QED) is 0.662. The molecule has 110 valence electrons. The van der Waals surface area contributed by atoms with Gasteiger partial charge < -0.3 is 9.47 Å². The summed E-state index contributed by atoms with van der Waals surface area (Å²) >= 11 is 0. The summed E-state index contributed by atoms with van der Waals surface area (Å²) in [7, 11) is 0. The summed E-state index contributed by atoms with van der Waals surface area (Å²) in [6.07, 6.45) is 2.66. The van der Waals surface area contributed by atoms with Gasteiger partial charge in [0.15, 0.2) is 0 Å². The van der Waals surface area contributed by atoms with Crippen LogP contribution in [0.15, 0.2) is 67.3 Å². The van der Waals surface area contributed by atoms with Gasteiger partial charge in [0.25, 0.3) is 0 Å². The molecule has 0 aliphatic heterocycles. The second-order valence-electron chi connectivity index (χ2n) is 5.07. The SMILES string of the molecule is C=CCC(COc1ccc(C)cc1)OCc1ccccc1. The molecule has 0 heterocycles. The second-order valence-corrected chi connectivity index (χ2v) is 5.07. The van der Waals surface area contributed by atoms with E-state index in [1.165, 1.54) is 11.1 Å². The van der Waals surface area contributed by atoms with Gasteiger partial charge in [-0.05, 0) is 31.0 Å². The molecule has 2 rings (SSSR count). The highest BCUT2D eigenvalue weighted by atomic mass is 16.5. The predicted molar refractivity (Wildman–Crippen MR) is 86.5 cm³/mol. The Morgan fingerprint density at radius 1 is 1.05 bits per heavy atom. The minimum absolute atomic E-state index is 0.0176. The van der Waals surface area contributed by atoms with Gasteiger partial charge in [-0.25, -0.2) is 0 Å². The Balaban J connectivity index is 1.83. The minimum Gasteiger partial charge on any atom is -0.491 e. The summed E-state index contributed by atoms with van der Waals surface area (Å²) in [6, 6.07) is 18.2. The van der Waals surface area contributed by atoms with E-state index in [0.717, 1.165) is 12.2 Å². The molecule has 2 heteroatoms. The fourth-order valence-electron chi connectivity index (χ4n) is 1.98. The molecular formula is C19H22O2. The van der Waals surface area contributed by atoms with E-state index in [-0.39, 0.29) is 6.10 Å². The first-order chi connectivity index (χ1) is 10.3. The average Bonchev–Trinajstić information content (AvgIpc) is 2.52. The molecule has 0 amide bonds. The van der Waals surface area contributed by atoms with Crippen molar-refractivity contribution in [1.82, 2.24) is 0 Å². The van der Waals surface area contributed by atoms with Crippen molar-refractivity contribution in [1.29, 1.82) is 0 Å². The molecule has 1 atom stereocenters. The van der Waals surface area contributed by atoms with Gasteiger partial charge in [0.05, 0.1) is 12.7 Å². The molecule has 2 nitrogen and oxygen atoms in total. The zero-order valence-corrected chi connectivity index (χ0v) is 12.5. The van der Waals surface area contributed by atoms with Crippen molar-refractivity contribution in [2.45, 2.75) is 26.1 Å². The fourth-order valence-corrected chi connectivity index (χ4v) is 1.98. The first kappa shape index (κ1) is 15.3. The van der Waals surface area contributed by atoms with Crippen LogP contribution in [-0.2, 0) is 11.3 Å². The van der Waals surface area contributed by atoms with Crippen LogP contribution in [0.25, 0.3) is 0 Å². The maximum Gasteiger partial charge on any atom is 0.119 e. The Hall–Kier alpha value is -2.06. The van der Waals surface area contributed by atoms with Gasteiger partial charge >= 0.3 is 0 Å². The van der Waals surface area contributed by atoms with Crippen LogP contribution in [-0.4, -0.2) is 12.7 Å². The van der Waals surface area contributed by atoms with Crippen molar-refractivity contribution in [3.63, 3.8) is 0 Å². The van der Waals surface area contributed by atoms with E-state index in [9.17, 15) is 0 Å². The average molecular weight is 282 g/mol. The first-order valence-corrected chi connectivity index (χ1v) is 7.24. The van der Waals surface area contributed by atoms with E-state index in [2.05, 4.69) is 25.6 Å². The monoisotopic (exact) mass is 282 g/mol. The summed E-state index contributed by atoms with van der Waals surface area (Å²) < 4.78 is 11.7. The van der Waals surface area contributed by atoms with E-state index in [0.29, 0.717) is 13.2 Å². The topological polar surface area (TPSA) is 18.5 Å². The van der Waals surface area contributed by atoms with Crippen LogP contribution in [0, 0.1) is 6.92 Å². The number of aryl methyl sites for hydroxylation is 1. The smallest absolute Gasteiger partial charge is 0.119 e. The van der Waals surface area contributed by atoms with Crippen LogP contribution in [0.2, 0.25) is 0 Å². The van der Waals surface area contributed by atoms with Gasteiger partial charge in [0, 0.05) is 0 Å². The third-order valence-corrected chi connectivity index (χ3v) is 3.21. The van der Waals surface area contributed by atoms with E-state index >= 15 is 0 Å². The molecule has 0 spiro atoms. The number of ether oxygens (including phenoxy) is 2. The Labute approximate surface area is 127 Å². The van der Waals surface area contributed by atoms with Crippen molar-refractivity contribution in [2.24, 2.45) is 0 Å². The van der Waals surface area contributed by atoms with E-state index in [1.54, 1.807) is 0 Å². The van der Waals surface area contributed by atoms with E-state index in [1.807, 2.05) is 48.5 Å². The summed E-state index contributed by atoms with van der Waals surface area (Å²) in [5.74, 6) is 0.873. The highest BCUT2D eigenvalue weighted by molar-refractivity contribution is 5.26. The van der Waals surface area contributed by atoms with Crippen molar-refractivity contribution < 1.29 is 9.47 Å². The van der Waals surface area contributed by atoms with Crippen molar-refractivity contribution >= 4 is 0 Å². The Morgan fingerprint density at radius 2 is 1.76 bits per heavy atom. The van der Waals surface area contributed by atoms with E-state index in [4.69, 9.17) is 9.47 Å². The Kier molecular flexibility index (Phi) is 6.04. The van der Waals surface area contributed by atoms with Crippen molar-refractivity contribution in [3.8, 4) is 5.75 Å². The predicted octanol–water partition coefficient (Wildman–Crippen LogP) is 4.54. The molecule has 0 aromatic heterocycles. The standard InChI is InChI=1S/C19H22O2/c1-3-7-19(20-14-17-8-5-4-6-9-17)15-21-18-12-10-16(2)11-13-18/h3-6,8-13,19H,1,7,14-15H2,2H3. The summed E-state index contributed by atoms with van der Waals surface area (Å²) in [4.78, 5) is 0. The van der Waals surface area contributed by atoms with Crippen LogP contribution in [0.4, 0.5) is 0 Å². The Morgan fingerprint density at radius 3 is 2.43 bits per heavy atom. The molecule has 0 aliphatic carbocycles. The normalized spacial score (nSPS) is 11.9. The van der Waals surface area contributed by atoms with Crippen LogP contribution in [0.1, 0.15) is 17.5 Å². The third-order valence-electron chi connectivity index (χ3n) is 3.21. The Bertz CT molecular complexity index is 531. The highest BCUT2D eigenvalue weighted by Gasteiger charge is 2.09. The number of hydrogen-bond acceptors (Lipinski definition) is 2. The van der Waals surface area contributed by atoms with Gasteiger partial charge in [0.2, 0.25) is 0 Å². The molecule has 2 aromatic rings.